The Bertz CT molecular complexity index is 626. The Labute approximate surface area is 136 Å². The molecule has 7 heteroatoms. The first-order chi connectivity index (χ1) is 11.0. The number of hydrogen-bond donors (Lipinski definition) is 1. The summed E-state index contributed by atoms with van der Waals surface area (Å²) in [5, 5.41) is 4.54. The molecule has 1 amide bonds. The Morgan fingerprint density at radius 2 is 1.91 bits per heavy atom. The first-order valence-corrected chi connectivity index (χ1v) is 7.91. The van der Waals surface area contributed by atoms with Crippen LogP contribution in [-0.4, -0.2) is 31.8 Å². The Kier molecular flexibility index (Phi) is 6.18. The summed E-state index contributed by atoms with van der Waals surface area (Å²) in [6.45, 7) is -1.04. The molecule has 0 atom stereocenters. The van der Waals surface area contributed by atoms with Gasteiger partial charge in [-0.25, -0.2) is 0 Å². The molecule has 2 rings (SSSR count). The largest absolute Gasteiger partial charge is 0.411 e. The first kappa shape index (κ1) is 17.5. The average Bonchev–Trinajstić information content (AvgIpc) is 3.00. The predicted octanol–water partition coefficient (Wildman–Crippen LogP) is 4.11. The molecule has 0 aliphatic carbocycles. The number of nitrogens with one attached hydrogen (secondary N) is 1. The van der Waals surface area contributed by atoms with Crippen molar-refractivity contribution in [3.63, 3.8) is 0 Å². The van der Waals surface area contributed by atoms with Gasteiger partial charge in [-0.15, -0.1) is 11.3 Å². The standard InChI is InChI=1S/C16H16F3NO2S/c17-16(18,19)11-22-9-4-8-20-15(21)14-13(7-10-23-14)12-5-2-1-3-6-12/h1-3,5-7,10H,4,8-9,11H2,(H,20,21). The number of thiophene rings is 1. The van der Waals surface area contributed by atoms with Crippen molar-refractivity contribution in [3.8, 4) is 11.1 Å². The van der Waals surface area contributed by atoms with Gasteiger partial charge < -0.3 is 10.1 Å². The van der Waals surface area contributed by atoms with Crippen molar-refractivity contribution >= 4 is 17.2 Å². The van der Waals surface area contributed by atoms with Gasteiger partial charge in [0.05, 0.1) is 4.88 Å². The molecule has 3 nitrogen and oxygen atoms in total. The SMILES string of the molecule is O=C(NCCCOCC(F)(F)F)c1sccc1-c1ccccc1. The van der Waals surface area contributed by atoms with Crippen molar-refractivity contribution in [1.29, 1.82) is 0 Å². The van der Waals surface area contributed by atoms with Crippen molar-refractivity contribution in [2.45, 2.75) is 12.6 Å². The lowest BCUT2D eigenvalue weighted by Crippen LogP contribution is -2.25. The van der Waals surface area contributed by atoms with Crippen LogP contribution in [-0.2, 0) is 4.74 Å². The van der Waals surface area contributed by atoms with Crippen LogP contribution in [0.4, 0.5) is 13.2 Å². The molecule has 1 N–H and O–H groups in total. The number of benzene rings is 1. The maximum Gasteiger partial charge on any atom is 0.411 e. The molecule has 124 valence electrons. The van der Waals surface area contributed by atoms with Crippen LogP contribution in [0.15, 0.2) is 41.8 Å². The molecule has 2 aromatic rings. The number of carbonyl (C=O) groups is 1. The third-order valence-electron chi connectivity index (χ3n) is 2.97. The molecule has 0 unspecified atom stereocenters. The van der Waals surface area contributed by atoms with Crippen LogP contribution in [0.1, 0.15) is 16.1 Å². The van der Waals surface area contributed by atoms with Gasteiger partial charge in [0.25, 0.3) is 5.91 Å². The normalized spacial score (nSPS) is 11.4. The zero-order valence-electron chi connectivity index (χ0n) is 12.2. The number of ether oxygens (including phenoxy) is 1. The molecule has 0 spiro atoms. The Morgan fingerprint density at radius 3 is 2.61 bits per heavy atom. The van der Waals surface area contributed by atoms with E-state index in [0.717, 1.165) is 11.1 Å². The minimum atomic E-state index is -4.31. The van der Waals surface area contributed by atoms with Crippen molar-refractivity contribution in [1.82, 2.24) is 5.32 Å². The van der Waals surface area contributed by atoms with Crippen LogP contribution in [0.25, 0.3) is 11.1 Å². The maximum absolute atomic E-state index is 12.2. The molecule has 0 radical (unpaired) electrons. The zero-order chi connectivity index (χ0) is 16.7. The predicted molar refractivity (Wildman–Crippen MR) is 83.6 cm³/mol. The number of rotatable bonds is 7. The van der Waals surface area contributed by atoms with Gasteiger partial charge in [-0.1, -0.05) is 30.3 Å². The summed E-state index contributed by atoms with van der Waals surface area (Å²) in [4.78, 5) is 12.8. The number of alkyl halides is 3. The summed E-state index contributed by atoms with van der Waals surface area (Å²) in [6.07, 6.45) is -3.99. The van der Waals surface area contributed by atoms with Gasteiger partial charge in [-0.2, -0.15) is 13.2 Å². The molecule has 1 aromatic carbocycles. The van der Waals surface area contributed by atoms with Crippen molar-refractivity contribution in [2.24, 2.45) is 0 Å². The molecule has 0 bridgehead atoms. The Hall–Kier alpha value is -1.86. The molecule has 0 saturated carbocycles. The summed E-state index contributed by atoms with van der Waals surface area (Å²) in [5.74, 6) is -0.227. The molecular formula is C16H16F3NO2S. The van der Waals surface area contributed by atoms with E-state index in [1.165, 1.54) is 11.3 Å². The summed E-state index contributed by atoms with van der Waals surface area (Å²) in [6, 6.07) is 11.4. The lowest BCUT2D eigenvalue weighted by Gasteiger charge is -2.08. The van der Waals surface area contributed by atoms with Crippen molar-refractivity contribution in [2.75, 3.05) is 19.8 Å². The molecule has 1 heterocycles. The second kappa shape index (κ2) is 8.12. The summed E-state index contributed by atoms with van der Waals surface area (Å²) in [5.41, 5.74) is 1.80. The molecule has 0 aliphatic rings. The summed E-state index contributed by atoms with van der Waals surface area (Å²) in [7, 11) is 0. The molecule has 0 aliphatic heterocycles. The fourth-order valence-electron chi connectivity index (χ4n) is 1.97. The highest BCUT2D eigenvalue weighted by molar-refractivity contribution is 7.12. The van der Waals surface area contributed by atoms with E-state index in [-0.39, 0.29) is 19.1 Å². The van der Waals surface area contributed by atoms with Gasteiger partial charge in [-0.05, 0) is 23.4 Å². The quantitative estimate of drug-likeness (QED) is 0.768. The van der Waals surface area contributed by atoms with Gasteiger partial charge in [0.2, 0.25) is 0 Å². The zero-order valence-corrected chi connectivity index (χ0v) is 13.0. The van der Waals surface area contributed by atoms with E-state index in [1.54, 1.807) is 0 Å². The second-order valence-electron chi connectivity index (χ2n) is 4.81. The van der Waals surface area contributed by atoms with Crippen LogP contribution in [0.3, 0.4) is 0 Å². The van der Waals surface area contributed by atoms with Crippen LogP contribution in [0.2, 0.25) is 0 Å². The lowest BCUT2D eigenvalue weighted by atomic mass is 10.1. The fraction of sp³-hybridized carbons (Fsp3) is 0.312. The highest BCUT2D eigenvalue weighted by Crippen LogP contribution is 2.27. The van der Waals surface area contributed by atoms with E-state index in [4.69, 9.17) is 0 Å². The van der Waals surface area contributed by atoms with E-state index in [1.807, 2.05) is 41.8 Å². The molecule has 23 heavy (non-hydrogen) atoms. The summed E-state index contributed by atoms with van der Waals surface area (Å²) < 4.78 is 40.2. The van der Waals surface area contributed by atoms with E-state index in [0.29, 0.717) is 11.3 Å². The third-order valence-corrected chi connectivity index (χ3v) is 3.89. The van der Waals surface area contributed by atoms with Crippen LogP contribution >= 0.6 is 11.3 Å². The Morgan fingerprint density at radius 1 is 1.17 bits per heavy atom. The van der Waals surface area contributed by atoms with Crippen molar-refractivity contribution < 1.29 is 22.7 Å². The van der Waals surface area contributed by atoms with Crippen LogP contribution in [0, 0.1) is 0 Å². The highest BCUT2D eigenvalue weighted by Gasteiger charge is 2.27. The number of hydrogen-bond acceptors (Lipinski definition) is 3. The maximum atomic E-state index is 12.2. The number of carbonyl (C=O) groups excluding carboxylic acids is 1. The van der Waals surface area contributed by atoms with Gasteiger partial charge in [-0.3, -0.25) is 4.79 Å². The van der Waals surface area contributed by atoms with E-state index < -0.39 is 12.8 Å². The minimum absolute atomic E-state index is 0.0459. The van der Waals surface area contributed by atoms with Gasteiger partial charge in [0, 0.05) is 18.7 Å². The Balaban J connectivity index is 1.80. The third kappa shape index (κ3) is 5.69. The van der Waals surface area contributed by atoms with E-state index in [2.05, 4.69) is 10.1 Å². The molecular weight excluding hydrogens is 327 g/mol. The topological polar surface area (TPSA) is 38.3 Å². The van der Waals surface area contributed by atoms with Gasteiger partial charge in [0.1, 0.15) is 6.61 Å². The number of halogens is 3. The molecule has 0 saturated heterocycles. The van der Waals surface area contributed by atoms with Gasteiger partial charge in [0.15, 0.2) is 0 Å². The lowest BCUT2D eigenvalue weighted by molar-refractivity contribution is -0.173. The fourth-order valence-corrected chi connectivity index (χ4v) is 2.81. The average molecular weight is 343 g/mol. The van der Waals surface area contributed by atoms with Crippen LogP contribution < -0.4 is 5.32 Å². The summed E-state index contributed by atoms with van der Waals surface area (Å²) >= 11 is 1.33. The van der Waals surface area contributed by atoms with E-state index >= 15 is 0 Å². The van der Waals surface area contributed by atoms with Gasteiger partial charge >= 0.3 is 6.18 Å². The monoisotopic (exact) mass is 343 g/mol. The first-order valence-electron chi connectivity index (χ1n) is 7.03. The van der Waals surface area contributed by atoms with Crippen molar-refractivity contribution in [3.05, 3.63) is 46.7 Å². The smallest absolute Gasteiger partial charge is 0.372 e. The second-order valence-corrected chi connectivity index (χ2v) is 5.72. The van der Waals surface area contributed by atoms with E-state index in [9.17, 15) is 18.0 Å². The number of amides is 1. The molecule has 0 fully saturated rings. The van der Waals surface area contributed by atoms with Crippen LogP contribution in [0.5, 0.6) is 0 Å². The minimum Gasteiger partial charge on any atom is -0.372 e. The highest BCUT2D eigenvalue weighted by atomic mass is 32.1. The molecule has 1 aromatic heterocycles.